The van der Waals surface area contributed by atoms with Crippen molar-refractivity contribution < 1.29 is 9.18 Å². The maximum Gasteiger partial charge on any atom is 0.233 e. The fourth-order valence-electron chi connectivity index (χ4n) is 4.04. The lowest BCUT2D eigenvalue weighted by atomic mass is 10.0. The smallest absolute Gasteiger partial charge is 0.233 e. The highest BCUT2D eigenvalue weighted by atomic mass is 32.2. The van der Waals surface area contributed by atoms with E-state index < -0.39 is 0 Å². The van der Waals surface area contributed by atoms with Crippen LogP contribution in [-0.2, 0) is 11.2 Å². The lowest BCUT2D eigenvalue weighted by Gasteiger charge is -2.24. The fourth-order valence-corrected chi connectivity index (χ4v) is 4.86. The van der Waals surface area contributed by atoms with E-state index >= 15 is 0 Å². The maximum absolute atomic E-state index is 13.5. The van der Waals surface area contributed by atoms with Crippen LogP contribution in [0.3, 0.4) is 0 Å². The van der Waals surface area contributed by atoms with Gasteiger partial charge in [0.15, 0.2) is 5.16 Å². The molecule has 162 valence electrons. The van der Waals surface area contributed by atoms with Crippen LogP contribution in [-0.4, -0.2) is 43.9 Å². The van der Waals surface area contributed by atoms with Gasteiger partial charge in [-0.3, -0.25) is 9.36 Å². The largest absolute Gasteiger partial charge is 0.339 e. The Bertz CT molecular complexity index is 1030. The summed E-state index contributed by atoms with van der Waals surface area (Å²) in [6.07, 6.45) is 4.30. The monoisotopic (exact) mass is 438 g/mol. The second-order valence-electron chi connectivity index (χ2n) is 8.24. The zero-order valence-electron chi connectivity index (χ0n) is 17.9. The van der Waals surface area contributed by atoms with E-state index in [9.17, 15) is 9.18 Å². The molecule has 0 N–H and O–H groups in total. The summed E-state index contributed by atoms with van der Waals surface area (Å²) in [6.45, 7) is 5.09. The normalized spacial score (nSPS) is 16.3. The minimum atomic E-state index is -0.232. The molecule has 0 bridgehead atoms. The number of hydrogen-bond acceptors (Lipinski definition) is 4. The molecule has 2 aromatic carbocycles. The number of carbonyl (C=O) groups excluding carboxylic acids is 1. The van der Waals surface area contributed by atoms with Crippen LogP contribution in [0, 0.1) is 5.82 Å². The number of aromatic nitrogens is 3. The summed E-state index contributed by atoms with van der Waals surface area (Å²) in [5.74, 6) is 0.642. The van der Waals surface area contributed by atoms with Gasteiger partial charge >= 0.3 is 0 Å². The minimum Gasteiger partial charge on any atom is -0.339 e. The van der Waals surface area contributed by atoms with Gasteiger partial charge in [-0.15, -0.1) is 10.2 Å². The van der Waals surface area contributed by atoms with E-state index in [4.69, 9.17) is 0 Å². The molecular weight excluding hydrogens is 411 g/mol. The molecule has 31 heavy (non-hydrogen) atoms. The number of halogens is 1. The van der Waals surface area contributed by atoms with E-state index in [2.05, 4.69) is 48.3 Å². The van der Waals surface area contributed by atoms with Gasteiger partial charge in [-0.25, -0.2) is 4.39 Å². The van der Waals surface area contributed by atoms with Crippen LogP contribution >= 0.6 is 11.8 Å². The van der Waals surface area contributed by atoms with E-state index in [1.807, 2.05) is 15.5 Å². The average molecular weight is 439 g/mol. The maximum atomic E-state index is 13.5. The van der Waals surface area contributed by atoms with Crippen molar-refractivity contribution in [3.8, 4) is 5.69 Å². The zero-order chi connectivity index (χ0) is 21.8. The number of amides is 1. The number of thioether (sulfide) groups is 1. The van der Waals surface area contributed by atoms with Crippen molar-refractivity contribution in [2.24, 2.45) is 0 Å². The second-order valence-corrected chi connectivity index (χ2v) is 9.18. The third-order valence-electron chi connectivity index (χ3n) is 5.74. The molecule has 0 aliphatic carbocycles. The first-order chi connectivity index (χ1) is 15.0. The molecule has 1 aliphatic rings. The summed E-state index contributed by atoms with van der Waals surface area (Å²) in [5, 5.41) is 8.95. The van der Waals surface area contributed by atoms with Crippen LogP contribution < -0.4 is 0 Å². The van der Waals surface area contributed by atoms with Gasteiger partial charge in [0.2, 0.25) is 5.91 Å². The van der Waals surface area contributed by atoms with Crippen LogP contribution in [0.15, 0.2) is 60.0 Å². The molecule has 1 amide bonds. The van der Waals surface area contributed by atoms with Gasteiger partial charge in [0.1, 0.15) is 12.1 Å². The van der Waals surface area contributed by atoms with Crippen molar-refractivity contribution in [1.29, 1.82) is 0 Å². The summed E-state index contributed by atoms with van der Waals surface area (Å²) < 4.78 is 15.4. The number of likely N-dealkylation sites (tertiary alicyclic amines) is 1. The molecule has 0 saturated carbocycles. The Morgan fingerprint density at radius 1 is 1.23 bits per heavy atom. The Labute approximate surface area is 186 Å². The Hall–Kier alpha value is -2.67. The lowest BCUT2D eigenvalue weighted by Crippen LogP contribution is -2.38. The first-order valence-corrected chi connectivity index (χ1v) is 11.7. The second kappa shape index (κ2) is 9.64. The number of hydrogen-bond donors (Lipinski definition) is 0. The highest BCUT2D eigenvalue weighted by Gasteiger charge is 2.29. The SMILES string of the molecule is CC(C)c1ccc(-n2cnnc2SCC(=O)N2CCCC2Cc2cccc(F)c2)cc1. The number of nitrogens with zero attached hydrogens (tertiary/aromatic N) is 4. The third-order valence-corrected chi connectivity index (χ3v) is 6.66. The van der Waals surface area contributed by atoms with Crippen molar-refractivity contribution >= 4 is 17.7 Å². The zero-order valence-corrected chi connectivity index (χ0v) is 18.7. The molecule has 1 saturated heterocycles. The summed E-state index contributed by atoms with van der Waals surface area (Å²) in [4.78, 5) is 14.9. The highest BCUT2D eigenvalue weighted by molar-refractivity contribution is 7.99. The Kier molecular flexibility index (Phi) is 6.70. The van der Waals surface area contributed by atoms with E-state index in [1.165, 1.54) is 23.4 Å². The van der Waals surface area contributed by atoms with Crippen molar-refractivity contribution in [2.45, 2.75) is 50.2 Å². The van der Waals surface area contributed by atoms with Gasteiger partial charge in [-0.1, -0.05) is 49.9 Å². The minimum absolute atomic E-state index is 0.0913. The Morgan fingerprint density at radius 2 is 2.03 bits per heavy atom. The molecule has 2 heterocycles. The highest BCUT2D eigenvalue weighted by Crippen LogP contribution is 2.25. The summed E-state index contributed by atoms with van der Waals surface area (Å²) in [7, 11) is 0. The van der Waals surface area contributed by atoms with Crippen LogP contribution in [0.25, 0.3) is 5.69 Å². The molecule has 1 unspecified atom stereocenters. The quantitative estimate of drug-likeness (QED) is 0.495. The van der Waals surface area contributed by atoms with Crippen LogP contribution in [0.2, 0.25) is 0 Å². The molecule has 1 atom stereocenters. The molecule has 5 nitrogen and oxygen atoms in total. The van der Waals surface area contributed by atoms with Crippen LogP contribution in [0.5, 0.6) is 0 Å². The van der Waals surface area contributed by atoms with E-state index in [-0.39, 0.29) is 17.8 Å². The molecule has 0 spiro atoms. The van der Waals surface area contributed by atoms with Crippen LogP contribution in [0.4, 0.5) is 4.39 Å². The fraction of sp³-hybridized carbons (Fsp3) is 0.375. The topological polar surface area (TPSA) is 51.0 Å². The summed E-state index contributed by atoms with van der Waals surface area (Å²) in [6, 6.07) is 15.1. The van der Waals surface area contributed by atoms with Gasteiger partial charge in [0.25, 0.3) is 0 Å². The molecule has 7 heteroatoms. The third kappa shape index (κ3) is 5.15. The van der Waals surface area contributed by atoms with Crippen molar-refractivity contribution in [3.05, 3.63) is 71.8 Å². The first kappa shape index (κ1) is 21.6. The van der Waals surface area contributed by atoms with Gasteiger partial charge in [0.05, 0.1) is 5.75 Å². The summed E-state index contributed by atoms with van der Waals surface area (Å²) >= 11 is 1.40. The first-order valence-electron chi connectivity index (χ1n) is 10.7. The average Bonchev–Trinajstić information content (AvgIpc) is 3.41. The molecule has 1 aliphatic heterocycles. The standard InChI is InChI=1S/C24H27FN4OS/c1-17(2)19-8-10-21(11-9-19)29-16-26-27-24(29)31-15-23(30)28-12-4-7-22(28)14-18-5-3-6-20(25)13-18/h3,5-6,8-11,13,16-17,22H,4,7,12,14-15H2,1-2H3. The van der Waals surface area contributed by atoms with Gasteiger partial charge < -0.3 is 4.90 Å². The Morgan fingerprint density at radius 3 is 2.77 bits per heavy atom. The molecule has 4 rings (SSSR count). The molecule has 3 aromatic rings. The van der Waals surface area contributed by atoms with E-state index in [0.717, 1.165) is 30.6 Å². The van der Waals surface area contributed by atoms with Crippen molar-refractivity contribution in [1.82, 2.24) is 19.7 Å². The number of benzene rings is 2. The predicted molar refractivity (Wildman–Crippen MR) is 121 cm³/mol. The van der Waals surface area contributed by atoms with Crippen molar-refractivity contribution in [2.75, 3.05) is 12.3 Å². The van der Waals surface area contributed by atoms with Gasteiger partial charge in [-0.05, 0) is 60.6 Å². The summed E-state index contributed by atoms with van der Waals surface area (Å²) in [5.41, 5.74) is 3.19. The van der Waals surface area contributed by atoms with E-state index in [1.54, 1.807) is 18.5 Å². The van der Waals surface area contributed by atoms with Gasteiger partial charge in [-0.2, -0.15) is 0 Å². The van der Waals surface area contributed by atoms with Crippen LogP contribution in [0.1, 0.15) is 43.7 Å². The number of carbonyl (C=O) groups is 1. The Balaban J connectivity index is 1.39. The molecule has 0 radical (unpaired) electrons. The van der Waals surface area contributed by atoms with Crippen molar-refractivity contribution in [3.63, 3.8) is 0 Å². The van der Waals surface area contributed by atoms with Gasteiger partial charge in [0, 0.05) is 18.3 Å². The molecular formula is C24H27FN4OS. The molecule has 1 aromatic heterocycles. The molecule has 1 fully saturated rings. The number of rotatable bonds is 7. The predicted octanol–water partition coefficient (Wildman–Crippen LogP) is 4.86. The van der Waals surface area contributed by atoms with E-state index in [0.29, 0.717) is 23.2 Å². The lowest BCUT2D eigenvalue weighted by molar-refractivity contribution is -0.129.